The number of aliphatic carboxylic acids is 1. The number of fused-ring (bicyclic) bond motifs is 3. The van der Waals surface area contributed by atoms with E-state index in [2.05, 4.69) is 84.4 Å². The summed E-state index contributed by atoms with van der Waals surface area (Å²) in [4.78, 5) is 11.0. The van der Waals surface area contributed by atoms with Crippen molar-refractivity contribution in [2.45, 2.75) is 64.2 Å². The first-order valence-electron chi connectivity index (χ1n) is 14.3. The summed E-state index contributed by atoms with van der Waals surface area (Å²) in [5.41, 5.74) is 7.02. The molecule has 0 fully saturated rings. The van der Waals surface area contributed by atoms with Crippen LogP contribution >= 0.6 is 11.6 Å². The average Bonchev–Trinajstić information content (AvgIpc) is 3.17. The number of rotatable bonds is 10. The van der Waals surface area contributed by atoms with Crippen LogP contribution in [0.5, 0.6) is 0 Å². The van der Waals surface area contributed by atoms with Crippen molar-refractivity contribution in [3.63, 3.8) is 0 Å². The third kappa shape index (κ3) is 5.93. The molecule has 40 heavy (non-hydrogen) atoms. The van der Waals surface area contributed by atoms with Crippen molar-refractivity contribution in [2.24, 2.45) is 0 Å². The second-order valence-corrected chi connectivity index (χ2v) is 11.6. The van der Waals surface area contributed by atoms with E-state index in [0.29, 0.717) is 6.42 Å². The number of benzene rings is 3. The molecule has 5 heteroatoms. The van der Waals surface area contributed by atoms with Crippen LogP contribution in [0.15, 0.2) is 101 Å². The van der Waals surface area contributed by atoms with Gasteiger partial charge in [0.1, 0.15) is 6.54 Å². The van der Waals surface area contributed by atoms with Gasteiger partial charge >= 0.3 is 5.97 Å². The van der Waals surface area contributed by atoms with Crippen LogP contribution in [0.3, 0.4) is 0 Å². The molecule has 2 N–H and O–H groups in total. The molecule has 0 amide bonds. The zero-order chi connectivity index (χ0) is 28.1. The lowest BCUT2D eigenvalue weighted by molar-refractivity contribution is -0.438. The van der Waals surface area contributed by atoms with E-state index >= 15 is 0 Å². The van der Waals surface area contributed by atoms with Gasteiger partial charge in [0.15, 0.2) is 5.71 Å². The molecule has 1 heterocycles. The number of carboxylic acid groups (broad SMARTS) is 1. The van der Waals surface area contributed by atoms with E-state index in [1.54, 1.807) is 0 Å². The number of nitrogens with zero attached hydrogens (tertiary/aromatic N) is 1. The van der Waals surface area contributed by atoms with Crippen LogP contribution in [-0.2, 0) is 10.2 Å². The second-order valence-electron chi connectivity index (χ2n) is 11.3. The molecule has 0 aromatic heterocycles. The molecule has 0 unspecified atom stereocenters. The molecule has 0 saturated carbocycles. The maximum atomic E-state index is 11.0. The van der Waals surface area contributed by atoms with Crippen molar-refractivity contribution in [1.82, 2.24) is 0 Å². The Morgan fingerprint density at radius 3 is 2.55 bits per heavy atom. The number of hydrogen-bond acceptors (Lipinski definition) is 2. The standard InChI is InChI=1S/C35H37ClN2O2/c1-35(2)31(22-20-26-13-11-14-27(34(26)36)24-37-28-15-5-3-6-16-28)38(23-10-4-7-18-32(39)40)30-21-19-25-12-8-9-17-29(25)33(30)35/h3,5-6,8-9,12,15-17,19-22,24H,4,7,10-11,13-14,18,23H2,1-2H3,(H,39,40)/p+1. The third-order valence-corrected chi connectivity index (χ3v) is 8.60. The molecular formula is C35H38ClN2O2+. The highest BCUT2D eigenvalue weighted by molar-refractivity contribution is 6.32. The molecule has 1 aliphatic carbocycles. The van der Waals surface area contributed by atoms with E-state index in [1.165, 1.54) is 33.3 Å². The Bertz CT molecular complexity index is 1530. The molecule has 4 nitrogen and oxygen atoms in total. The van der Waals surface area contributed by atoms with Crippen LogP contribution in [0.1, 0.15) is 64.4 Å². The normalized spacial score (nSPS) is 17.7. The largest absolute Gasteiger partial charge is 0.481 e. The fourth-order valence-electron chi connectivity index (χ4n) is 6.07. The Hall–Kier alpha value is -3.63. The number of anilines is 1. The van der Waals surface area contributed by atoms with Gasteiger partial charge in [-0.25, -0.2) is 0 Å². The molecule has 0 bridgehead atoms. The topological polar surface area (TPSA) is 52.3 Å². The van der Waals surface area contributed by atoms with Gasteiger partial charge in [-0.15, -0.1) is 0 Å². The summed E-state index contributed by atoms with van der Waals surface area (Å²) < 4.78 is 2.45. The molecular weight excluding hydrogens is 516 g/mol. The summed E-state index contributed by atoms with van der Waals surface area (Å²) in [6.07, 6.45) is 12.3. The van der Waals surface area contributed by atoms with Crippen molar-refractivity contribution in [3.8, 4) is 0 Å². The number of nitrogens with one attached hydrogen (secondary N) is 1. The maximum absolute atomic E-state index is 11.0. The molecule has 1 aliphatic heterocycles. The van der Waals surface area contributed by atoms with E-state index in [-0.39, 0.29) is 11.8 Å². The number of para-hydroxylation sites is 1. The fourth-order valence-corrected chi connectivity index (χ4v) is 6.38. The zero-order valence-electron chi connectivity index (χ0n) is 23.4. The lowest BCUT2D eigenvalue weighted by Gasteiger charge is -2.19. The molecule has 5 rings (SSSR count). The number of carbonyl (C=O) groups is 1. The summed E-state index contributed by atoms with van der Waals surface area (Å²) in [6, 6.07) is 23.2. The zero-order valence-corrected chi connectivity index (χ0v) is 24.2. The van der Waals surface area contributed by atoms with Gasteiger partial charge in [-0.2, -0.15) is 4.58 Å². The lowest BCUT2D eigenvalue weighted by atomic mass is 9.79. The summed E-state index contributed by atoms with van der Waals surface area (Å²) in [5, 5.41) is 15.8. The Balaban J connectivity index is 1.47. The first kappa shape index (κ1) is 27.9. The molecule has 0 saturated heterocycles. The van der Waals surface area contributed by atoms with Crippen molar-refractivity contribution >= 4 is 45.4 Å². The van der Waals surface area contributed by atoms with Crippen LogP contribution in [0.4, 0.5) is 11.4 Å². The van der Waals surface area contributed by atoms with E-state index in [4.69, 9.17) is 16.7 Å². The summed E-state index contributed by atoms with van der Waals surface area (Å²) >= 11 is 6.97. The van der Waals surface area contributed by atoms with Gasteiger partial charge in [0.2, 0.25) is 5.69 Å². The van der Waals surface area contributed by atoms with E-state index in [1.807, 2.05) is 24.4 Å². The van der Waals surface area contributed by atoms with Gasteiger partial charge < -0.3 is 10.4 Å². The first-order chi connectivity index (χ1) is 19.4. The highest BCUT2D eigenvalue weighted by Gasteiger charge is 2.45. The minimum Gasteiger partial charge on any atom is -0.481 e. The summed E-state index contributed by atoms with van der Waals surface area (Å²) in [7, 11) is 0. The maximum Gasteiger partial charge on any atom is 0.303 e. The predicted molar refractivity (Wildman–Crippen MR) is 167 cm³/mol. The summed E-state index contributed by atoms with van der Waals surface area (Å²) in [6.45, 7) is 5.48. The number of allylic oxidation sites excluding steroid dienone is 5. The highest BCUT2D eigenvalue weighted by atomic mass is 35.5. The Labute approximate surface area is 242 Å². The summed E-state index contributed by atoms with van der Waals surface area (Å²) in [5.74, 6) is -0.723. The minimum atomic E-state index is -0.723. The van der Waals surface area contributed by atoms with E-state index in [0.717, 1.165) is 54.9 Å². The SMILES string of the molecule is CC1(C)C(/C=C/C2=C(Cl)C(=C/Nc3ccccc3)/CCC2)=[N+](CCCCCC(=O)O)c2ccc3ccccc3c21. The van der Waals surface area contributed by atoms with Gasteiger partial charge in [-0.1, -0.05) is 60.1 Å². The van der Waals surface area contributed by atoms with Crippen molar-refractivity contribution in [3.05, 3.63) is 107 Å². The van der Waals surface area contributed by atoms with Crippen LogP contribution in [0, 0.1) is 0 Å². The van der Waals surface area contributed by atoms with Crippen molar-refractivity contribution in [2.75, 3.05) is 11.9 Å². The fraction of sp³-hybridized carbons (Fsp3) is 0.314. The van der Waals surface area contributed by atoms with Gasteiger partial charge in [0, 0.05) is 47.5 Å². The second kappa shape index (κ2) is 12.3. The smallest absolute Gasteiger partial charge is 0.303 e. The number of halogens is 1. The van der Waals surface area contributed by atoms with Gasteiger partial charge in [-0.3, -0.25) is 4.79 Å². The van der Waals surface area contributed by atoms with Crippen LogP contribution in [0.2, 0.25) is 0 Å². The van der Waals surface area contributed by atoms with Crippen LogP contribution in [0.25, 0.3) is 10.8 Å². The van der Waals surface area contributed by atoms with Gasteiger partial charge in [-0.05, 0) is 86.1 Å². The molecule has 0 atom stereocenters. The Morgan fingerprint density at radius 2 is 1.75 bits per heavy atom. The molecule has 0 spiro atoms. The molecule has 3 aromatic rings. The molecule has 2 aliphatic rings. The lowest BCUT2D eigenvalue weighted by Crippen LogP contribution is -2.28. The van der Waals surface area contributed by atoms with Gasteiger partial charge in [0.05, 0.1) is 5.41 Å². The van der Waals surface area contributed by atoms with Gasteiger partial charge in [0.25, 0.3) is 0 Å². The number of hydrogen-bond donors (Lipinski definition) is 2. The Kier molecular flexibility index (Phi) is 8.56. The average molecular weight is 554 g/mol. The monoisotopic (exact) mass is 553 g/mol. The highest BCUT2D eigenvalue weighted by Crippen LogP contribution is 2.44. The predicted octanol–water partition coefficient (Wildman–Crippen LogP) is 9.09. The van der Waals surface area contributed by atoms with Crippen LogP contribution in [-0.4, -0.2) is 27.9 Å². The first-order valence-corrected chi connectivity index (χ1v) is 14.7. The van der Waals surface area contributed by atoms with E-state index < -0.39 is 5.97 Å². The Morgan fingerprint density at radius 1 is 0.975 bits per heavy atom. The van der Waals surface area contributed by atoms with E-state index in [9.17, 15) is 4.79 Å². The quantitative estimate of drug-likeness (QED) is 0.194. The molecule has 206 valence electrons. The minimum absolute atomic E-state index is 0.191. The number of carboxylic acids is 1. The third-order valence-electron chi connectivity index (χ3n) is 8.11. The van der Waals surface area contributed by atoms with Crippen molar-refractivity contribution < 1.29 is 14.5 Å². The molecule has 3 aromatic carbocycles. The van der Waals surface area contributed by atoms with Crippen molar-refractivity contribution in [1.29, 1.82) is 0 Å². The number of unbranched alkanes of at least 4 members (excludes halogenated alkanes) is 2. The van der Waals surface area contributed by atoms with Crippen LogP contribution < -0.4 is 5.32 Å². The molecule has 0 radical (unpaired) electrons.